The third-order valence-corrected chi connectivity index (χ3v) is 4.62. The number of ketones is 1. The summed E-state index contributed by atoms with van der Waals surface area (Å²) in [5, 5.41) is 0. The van der Waals surface area contributed by atoms with Gasteiger partial charge < -0.3 is 9.72 Å². The number of H-pyrrole nitrogens is 1. The van der Waals surface area contributed by atoms with Crippen LogP contribution >= 0.6 is 0 Å². The molecule has 2 heterocycles. The Morgan fingerprint density at radius 1 is 1.00 bits per heavy atom. The van der Waals surface area contributed by atoms with Crippen LogP contribution in [-0.2, 0) is 11.0 Å². The fraction of sp³-hybridized carbons (Fsp3) is 0.286. The first-order valence-corrected chi connectivity index (χ1v) is 8.89. The van der Waals surface area contributed by atoms with Crippen LogP contribution in [0.25, 0.3) is 22.6 Å². The van der Waals surface area contributed by atoms with Gasteiger partial charge in [0.25, 0.3) is 0 Å². The van der Waals surface area contributed by atoms with E-state index in [-0.39, 0.29) is 18.2 Å². The molecule has 0 fully saturated rings. The predicted octanol–water partition coefficient (Wildman–Crippen LogP) is 5.15. The minimum absolute atomic E-state index is 0.0531. The van der Waals surface area contributed by atoms with E-state index in [1.54, 1.807) is 24.3 Å². The van der Waals surface area contributed by atoms with Crippen molar-refractivity contribution in [2.75, 3.05) is 6.61 Å². The number of nitrogens with zero attached hydrogens (tertiary/aromatic N) is 2. The van der Waals surface area contributed by atoms with Crippen LogP contribution < -0.4 is 4.74 Å². The molecule has 0 aliphatic heterocycles. The highest BCUT2D eigenvalue weighted by molar-refractivity contribution is 5.81. The maximum Gasteiger partial charge on any atom is 0.432 e. The van der Waals surface area contributed by atoms with Gasteiger partial charge in [-0.3, -0.25) is 9.78 Å². The molecule has 3 aromatic rings. The summed E-state index contributed by atoms with van der Waals surface area (Å²) >= 11 is 0. The topological polar surface area (TPSA) is 67.9 Å². The van der Waals surface area contributed by atoms with Crippen LogP contribution in [0.15, 0.2) is 48.8 Å². The van der Waals surface area contributed by atoms with Crippen molar-refractivity contribution in [3.05, 3.63) is 54.5 Å². The lowest BCUT2D eigenvalue weighted by molar-refractivity contribution is -0.140. The van der Waals surface area contributed by atoms with Crippen LogP contribution in [0.5, 0.6) is 5.75 Å². The van der Waals surface area contributed by atoms with Crippen molar-refractivity contribution < 1.29 is 22.7 Å². The number of carbonyl (C=O) groups is 1. The smallest absolute Gasteiger partial charge is 0.432 e. The van der Waals surface area contributed by atoms with Crippen LogP contribution in [0.2, 0.25) is 0 Å². The van der Waals surface area contributed by atoms with E-state index in [2.05, 4.69) is 15.0 Å². The van der Waals surface area contributed by atoms with Crippen LogP contribution in [0.4, 0.5) is 13.2 Å². The standard InChI is InChI=1S/C21H20F3N3O2/c1-13(28)20(2,3)12-29-16-7-4-14(5-8-16)17-9-6-15(10-25-17)19-26-11-18(27-19)21(22,23)24/h4-11H,12H2,1-3H3,(H,26,27). The molecular weight excluding hydrogens is 383 g/mol. The Morgan fingerprint density at radius 3 is 2.17 bits per heavy atom. The number of hydrogen-bond acceptors (Lipinski definition) is 4. The Bertz CT molecular complexity index is 991. The zero-order valence-corrected chi connectivity index (χ0v) is 16.2. The van der Waals surface area contributed by atoms with Crippen LogP contribution in [-0.4, -0.2) is 27.3 Å². The Kier molecular flexibility index (Phi) is 5.46. The molecule has 0 spiro atoms. The van der Waals surface area contributed by atoms with Crippen LogP contribution in [0, 0.1) is 5.41 Å². The first-order valence-electron chi connectivity index (χ1n) is 8.89. The second-order valence-electron chi connectivity index (χ2n) is 7.33. The van der Waals surface area contributed by atoms with Crippen molar-refractivity contribution in [2.24, 2.45) is 5.41 Å². The highest BCUT2D eigenvalue weighted by Crippen LogP contribution is 2.30. The average Bonchev–Trinajstić information content (AvgIpc) is 3.18. The normalized spacial score (nSPS) is 12.1. The maximum atomic E-state index is 12.7. The number of aromatic amines is 1. The van der Waals surface area contributed by atoms with Gasteiger partial charge in [-0.25, -0.2) is 4.98 Å². The molecule has 0 atom stereocenters. The Balaban J connectivity index is 1.70. The second kappa shape index (κ2) is 7.69. The number of hydrogen-bond donors (Lipinski definition) is 1. The van der Waals surface area contributed by atoms with Crippen molar-refractivity contribution in [2.45, 2.75) is 26.9 Å². The molecule has 0 amide bonds. The number of pyridine rings is 1. The molecule has 0 saturated carbocycles. The molecule has 5 nitrogen and oxygen atoms in total. The van der Waals surface area contributed by atoms with E-state index in [1.165, 1.54) is 13.1 Å². The summed E-state index contributed by atoms with van der Waals surface area (Å²) in [4.78, 5) is 21.9. The van der Waals surface area contributed by atoms with E-state index in [1.807, 2.05) is 26.0 Å². The lowest BCUT2D eigenvalue weighted by Crippen LogP contribution is -2.28. The molecular formula is C21H20F3N3O2. The quantitative estimate of drug-likeness (QED) is 0.618. The Hall–Kier alpha value is -3.16. The van der Waals surface area contributed by atoms with Gasteiger partial charge in [0.2, 0.25) is 0 Å². The molecule has 1 aromatic carbocycles. The van der Waals surface area contributed by atoms with Gasteiger partial charge in [-0.1, -0.05) is 0 Å². The summed E-state index contributed by atoms with van der Waals surface area (Å²) in [6.07, 6.45) is -2.24. The minimum atomic E-state index is -4.47. The van der Waals surface area contributed by atoms with E-state index < -0.39 is 17.3 Å². The molecule has 1 N–H and O–H groups in total. The number of Topliss-reactive ketones (excluding diaryl/α,β-unsaturated/α-hetero) is 1. The highest BCUT2D eigenvalue weighted by atomic mass is 19.4. The number of carbonyl (C=O) groups excluding carboxylic acids is 1. The fourth-order valence-electron chi connectivity index (χ4n) is 2.40. The van der Waals surface area contributed by atoms with Crippen molar-refractivity contribution in [3.8, 4) is 28.4 Å². The molecule has 0 radical (unpaired) electrons. The molecule has 0 saturated heterocycles. The first-order chi connectivity index (χ1) is 13.6. The van der Waals surface area contributed by atoms with E-state index in [0.717, 1.165) is 11.8 Å². The van der Waals surface area contributed by atoms with Gasteiger partial charge in [0.05, 0.1) is 17.3 Å². The SMILES string of the molecule is CC(=O)C(C)(C)COc1ccc(-c2ccc(-c3ncc(C(F)(F)F)[nH]3)cn2)cc1. The van der Waals surface area contributed by atoms with Gasteiger partial charge in [-0.15, -0.1) is 0 Å². The number of halogens is 3. The van der Waals surface area contributed by atoms with E-state index in [9.17, 15) is 18.0 Å². The lowest BCUT2D eigenvalue weighted by atomic mass is 9.90. The Morgan fingerprint density at radius 2 is 1.66 bits per heavy atom. The minimum Gasteiger partial charge on any atom is -0.493 e. The van der Waals surface area contributed by atoms with Gasteiger partial charge in [-0.05, 0) is 57.2 Å². The number of rotatable bonds is 6. The van der Waals surface area contributed by atoms with Gasteiger partial charge in [0.1, 0.15) is 29.7 Å². The van der Waals surface area contributed by atoms with Crippen molar-refractivity contribution in [1.82, 2.24) is 15.0 Å². The van der Waals surface area contributed by atoms with Crippen molar-refractivity contribution in [1.29, 1.82) is 0 Å². The molecule has 0 aliphatic carbocycles. The van der Waals surface area contributed by atoms with Gasteiger partial charge in [0.15, 0.2) is 0 Å². The zero-order valence-electron chi connectivity index (χ0n) is 16.2. The molecule has 0 unspecified atom stereocenters. The van der Waals surface area contributed by atoms with Crippen LogP contribution in [0.3, 0.4) is 0 Å². The van der Waals surface area contributed by atoms with Gasteiger partial charge in [-0.2, -0.15) is 13.2 Å². The summed E-state index contributed by atoms with van der Waals surface area (Å²) in [7, 11) is 0. The van der Waals surface area contributed by atoms with E-state index in [0.29, 0.717) is 17.0 Å². The monoisotopic (exact) mass is 403 g/mol. The largest absolute Gasteiger partial charge is 0.493 e. The third-order valence-electron chi connectivity index (χ3n) is 4.62. The summed E-state index contributed by atoms with van der Waals surface area (Å²) in [5.41, 5.74) is 0.473. The summed E-state index contributed by atoms with van der Waals surface area (Å²) in [6, 6.07) is 10.6. The summed E-state index contributed by atoms with van der Waals surface area (Å²) in [5.74, 6) is 0.792. The zero-order chi connectivity index (χ0) is 21.2. The first kappa shape index (κ1) is 20.6. The highest BCUT2D eigenvalue weighted by Gasteiger charge is 2.33. The molecule has 3 rings (SSSR count). The molecule has 8 heteroatoms. The average molecular weight is 403 g/mol. The van der Waals surface area contributed by atoms with Crippen molar-refractivity contribution >= 4 is 5.78 Å². The predicted molar refractivity (Wildman–Crippen MR) is 102 cm³/mol. The number of aromatic nitrogens is 3. The molecule has 29 heavy (non-hydrogen) atoms. The van der Waals surface area contributed by atoms with Gasteiger partial charge >= 0.3 is 6.18 Å². The summed E-state index contributed by atoms with van der Waals surface area (Å²) < 4.78 is 43.7. The number of ether oxygens (including phenoxy) is 1. The maximum absolute atomic E-state index is 12.7. The molecule has 0 bridgehead atoms. The van der Waals surface area contributed by atoms with Crippen molar-refractivity contribution in [3.63, 3.8) is 0 Å². The molecule has 152 valence electrons. The van der Waals surface area contributed by atoms with Gasteiger partial charge in [0, 0.05) is 17.3 Å². The number of imidazole rings is 1. The number of benzene rings is 1. The van der Waals surface area contributed by atoms with E-state index in [4.69, 9.17) is 4.74 Å². The second-order valence-corrected chi connectivity index (χ2v) is 7.33. The third kappa shape index (κ3) is 4.82. The van der Waals surface area contributed by atoms with E-state index >= 15 is 0 Å². The molecule has 2 aromatic heterocycles. The van der Waals surface area contributed by atoms with Crippen LogP contribution in [0.1, 0.15) is 26.5 Å². The fourth-order valence-corrected chi connectivity index (χ4v) is 2.40. The molecule has 0 aliphatic rings. The Labute approximate surface area is 166 Å². The summed E-state index contributed by atoms with van der Waals surface area (Å²) in [6.45, 7) is 5.46. The number of alkyl halides is 3. The lowest BCUT2D eigenvalue weighted by Gasteiger charge is -2.21. The number of nitrogens with one attached hydrogen (secondary N) is 1.